The molecule has 1 nitrogen and oxygen atoms in total. The van der Waals surface area contributed by atoms with E-state index in [9.17, 15) is 0 Å². The van der Waals surface area contributed by atoms with Crippen molar-refractivity contribution in [3.8, 4) is 0 Å². The van der Waals surface area contributed by atoms with Crippen LogP contribution in [0.1, 0.15) is 6.92 Å². The van der Waals surface area contributed by atoms with Crippen molar-refractivity contribution in [1.82, 2.24) is 4.90 Å². The molecule has 0 bridgehead atoms. The van der Waals surface area contributed by atoms with Crippen molar-refractivity contribution in [2.45, 2.75) is 6.92 Å². The third kappa shape index (κ3) is 3.68. The molecule has 0 aromatic carbocycles. The van der Waals surface area contributed by atoms with E-state index in [1.807, 2.05) is 0 Å². The molecule has 9 heavy (non-hydrogen) atoms. The molecule has 0 aromatic heterocycles. The summed E-state index contributed by atoms with van der Waals surface area (Å²) >= 11 is 2.07. The number of nitrogens with zero attached hydrogens (tertiary/aromatic N) is 1. The molecule has 1 aliphatic heterocycles. The molecule has 0 atom stereocenters. The van der Waals surface area contributed by atoms with E-state index in [2.05, 4.69) is 23.6 Å². The van der Waals surface area contributed by atoms with Gasteiger partial charge in [0, 0.05) is 24.6 Å². The maximum atomic E-state index is 2.50. The molecule has 56 valence electrons. The summed E-state index contributed by atoms with van der Waals surface area (Å²) < 4.78 is 0. The summed E-state index contributed by atoms with van der Waals surface area (Å²) in [6.07, 6.45) is 0. The van der Waals surface area contributed by atoms with Gasteiger partial charge in [-0.25, -0.2) is 0 Å². The Labute approximate surface area is 78.6 Å². The van der Waals surface area contributed by atoms with Crippen LogP contribution in [0, 0.1) is 0 Å². The SMILES string of the molecule is CCN1CCSCC1.I. The lowest BCUT2D eigenvalue weighted by molar-refractivity contribution is 0.320. The number of halogens is 1. The molecule has 1 aliphatic rings. The van der Waals surface area contributed by atoms with Crippen molar-refractivity contribution < 1.29 is 0 Å². The second kappa shape index (κ2) is 5.80. The van der Waals surface area contributed by atoms with E-state index in [1.54, 1.807) is 0 Å². The number of hydrogen-bond acceptors (Lipinski definition) is 2. The van der Waals surface area contributed by atoms with Crippen LogP contribution >= 0.6 is 35.7 Å². The Morgan fingerprint density at radius 3 is 2.22 bits per heavy atom. The molecule has 0 N–H and O–H groups in total. The van der Waals surface area contributed by atoms with Gasteiger partial charge in [-0.05, 0) is 6.54 Å². The van der Waals surface area contributed by atoms with Crippen LogP contribution in [0.4, 0.5) is 0 Å². The Hall–Kier alpha value is 1.04. The quantitative estimate of drug-likeness (QED) is 0.659. The minimum atomic E-state index is 0. The van der Waals surface area contributed by atoms with E-state index in [4.69, 9.17) is 0 Å². The first-order chi connectivity index (χ1) is 3.93. The Morgan fingerprint density at radius 2 is 1.89 bits per heavy atom. The number of hydrogen-bond donors (Lipinski definition) is 0. The van der Waals surface area contributed by atoms with Gasteiger partial charge in [0.05, 0.1) is 0 Å². The smallest absolute Gasteiger partial charge is 0.00726 e. The molecule has 0 spiro atoms. The van der Waals surface area contributed by atoms with E-state index in [-0.39, 0.29) is 24.0 Å². The summed E-state index contributed by atoms with van der Waals surface area (Å²) in [4.78, 5) is 2.50. The van der Waals surface area contributed by atoms with Gasteiger partial charge < -0.3 is 4.90 Å². The van der Waals surface area contributed by atoms with E-state index in [0.717, 1.165) is 0 Å². The molecule has 0 unspecified atom stereocenters. The fourth-order valence-electron chi connectivity index (χ4n) is 0.917. The topological polar surface area (TPSA) is 3.24 Å². The fraction of sp³-hybridized carbons (Fsp3) is 1.00. The summed E-state index contributed by atoms with van der Waals surface area (Å²) in [5.74, 6) is 2.68. The van der Waals surface area contributed by atoms with Crippen LogP contribution in [0.5, 0.6) is 0 Å². The molecule has 0 aromatic rings. The highest BCUT2D eigenvalue weighted by Gasteiger charge is 2.05. The maximum Gasteiger partial charge on any atom is 0.00726 e. The molecule has 3 heteroatoms. The van der Waals surface area contributed by atoms with E-state index in [0.29, 0.717) is 0 Å². The van der Waals surface area contributed by atoms with Crippen LogP contribution in [0.25, 0.3) is 0 Å². The summed E-state index contributed by atoms with van der Waals surface area (Å²) in [5, 5.41) is 0. The summed E-state index contributed by atoms with van der Waals surface area (Å²) in [6.45, 7) is 6.08. The van der Waals surface area contributed by atoms with Gasteiger partial charge in [-0.2, -0.15) is 11.8 Å². The van der Waals surface area contributed by atoms with Crippen LogP contribution in [-0.2, 0) is 0 Å². The van der Waals surface area contributed by atoms with Gasteiger partial charge in [0.15, 0.2) is 0 Å². The lowest BCUT2D eigenvalue weighted by Gasteiger charge is -2.23. The van der Waals surface area contributed by atoms with Crippen molar-refractivity contribution in [3.63, 3.8) is 0 Å². The van der Waals surface area contributed by atoms with Crippen molar-refractivity contribution in [3.05, 3.63) is 0 Å². The molecule has 0 aliphatic carbocycles. The lowest BCUT2D eigenvalue weighted by atomic mass is 10.5. The Bertz CT molecular complexity index is 64.1. The van der Waals surface area contributed by atoms with E-state index in [1.165, 1.54) is 31.1 Å². The van der Waals surface area contributed by atoms with Gasteiger partial charge in [0.1, 0.15) is 0 Å². The van der Waals surface area contributed by atoms with E-state index < -0.39 is 0 Å². The predicted octanol–water partition coefficient (Wildman–Crippen LogP) is 1.67. The van der Waals surface area contributed by atoms with Gasteiger partial charge in [-0.3, -0.25) is 0 Å². The molecule has 1 saturated heterocycles. The van der Waals surface area contributed by atoms with Gasteiger partial charge >= 0.3 is 0 Å². The first-order valence-corrected chi connectivity index (χ1v) is 4.39. The zero-order chi connectivity index (χ0) is 5.82. The highest BCUT2D eigenvalue weighted by atomic mass is 127. The fourth-order valence-corrected chi connectivity index (χ4v) is 1.90. The Morgan fingerprint density at radius 1 is 1.33 bits per heavy atom. The van der Waals surface area contributed by atoms with Gasteiger partial charge in [0.25, 0.3) is 0 Å². The van der Waals surface area contributed by atoms with Gasteiger partial charge in [0.2, 0.25) is 0 Å². The molecule has 0 amide bonds. The average Bonchev–Trinajstić information content (AvgIpc) is 1.90. The average molecular weight is 259 g/mol. The Balaban J connectivity index is 0.000000640. The van der Waals surface area contributed by atoms with Crippen LogP contribution in [0.15, 0.2) is 0 Å². The molecular weight excluding hydrogens is 245 g/mol. The zero-order valence-corrected chi connectivity index (χ0v) is 8.95. The second-order valence-electron chi connectivity index (χ2n) is 2.05. The minimum absolute atomic E-state index is 0. The zero-order valence-electron chi connectivity index (χ0n) is 5.80. The molecule has 1 rings (SSSR count). The lowest BCUT2D eigenvalue weighted by Crippen LogP contribution is -2.31. The third-order valence-corrected chi connectivity index (χ3v) is 2.49. The monoisotopic (exact) mass is 259 g/mol. The van der Waals surface area contributed by atoms with Crippen molar-refractivity contribution in [2.75, 3.05) is 31.1 Å². The molecular formula is C6H14INS. The van der Waals surface area contributed by atoms with Crippen LogP contribution in [0.3, 0.4) is 0 Å². The summed E-state index contributed by atoms with van der Waals surface area (Å²) in [5.41, 5.74) is 0. The first-order valence-electron chi connectivity index (χ1n) is 3.23. The normalized spacial score (nSPS) is 21.0. The first kappa shape index (κ1) is 10.0. The molecule has 0 saturated carbocycles. The van der Waals surface area contributed by atoms with Crippen LogP contribution in [-0.4, -0.2) is 36.0 Å². The third-order valence-electron chi connectivity index (χ3n) is 1.55. The molecule has 1 heterocycles. The second-order valence-corrected chi connectivity index (χ2v) is 3.27. The highest BCUT2D eigenvalue weighted by molar-refractivity contribution is 14.0. The van der Waals surface area contributed by atoms with Crippen LogP contribution < -0.4 is 0 Å². The largest absolute Gasteiger partial charge is 0.302 e. The van der Waals surface area contributed by atoms with Crippen molar-refractivity contribution in [1.29, 1.82) is 0 Å². The van der Waals surface area contributed by atoms with Crippen molar-refractivity contribution in [2.24, 2.45) is 0 Å². The maximum absolute atomic E-state index is 2.50. The standard InChI is InChI=1S/C6H13NS.HI/c1-2-7-3-5-8-6-4-7;/h2-6H2,1H3;1H. The van der Waals surface area contributed by atoms with Crippen LogP contribution in [0.2, 0.25) is 0 Å². The molecule has 0 radical (unpaired) electrons. The van der Waals surface area contributed by atoms with E-state index >= 15 is 0 Å². The number of thioether (sulfide) groups is 1. The summed E-state index contributed by atoms with van der Waals surface area (Å²) in [7, 11) is 0. The highest BCUT2D eigenvalue weighted by Crippen LogP contribution is 2.07. The van der Waals surface area contributed by atoms with Crippen molar-refractivity contribution >= 4 is 35.7 Å². The molecule has 1 fully saturated rings. The Kier molecular flexibility index (Phi) is 6.47. The van der Waals surface area contributed by atoms with Gasteiger partial charge in [-0.15, -0.1) is 24.0 Å². The van der Waals surface area contributed by atoms with Gasteiger partial charge in [-0.1, -0.05) is 6.92 Å². The minimum Gasteiger partial charge on any atom is -0.302 e. The predicted molar refractivity (Wildman–Crippen MR) is 54.9 cm³/mol. The summed E-state index contributed by atoms with van der Waals surface area (Å²) in [6, 6.07) is 0. The number of rotatable bonds is 1.